The number of amides is 1. The molecule has 4 N–H and O–H groups in total. The van der Waals surface area contributed by atoms with E-state index in [9.17, 15) is 23.8 Å². The molecule has 104 valence electrons. The zero-order valence-corrected chi connectivity index (χ0v) is 9.55. The lowest BCUT2D eigenvalue weighted by Crippen LogP contribution is -2.26. The first kappa shape index (κ1) is 13.5. The van der Waals surface area contributed by atoms with Crippen molar-refractivity contribution < 1.29 is 33.3 Å². The van der Waals surface area contributed by atoms with Crippen LogP contribution in [0.4, 0.5) is 8.78 Å². The number of hydrogen-bond acceptors (Lipinski definition) is 5. The maximum Gasteiger partial charge on any atom is 0.586 e. The molecule has 1 heterocycles. The first-order valence-electron chi connectivity index (χ1n) is 5.33. The third kappa shape index (κ3) is 2.91. The monoisotopic (exact) mass is 275 g/mol. The van der Waals surface area contributed by atoms with Gasteiger partial charge >= 0.3 is 6.29 Å². The van der Waals surface area contributed by atoms with Gasteiger partial charge in [0.05, 0.1) is 12.5 Å². The Hall–Kier alpha value is -1.93. The number of ether oxygens (including phenoxy) is 2. The normalized spacial score (nSPS) is 18.9. The summed E-state index contributed by atoms with van der Waals surface area (Å²) in [6, 6.07) is 3.55. The summed E-state index contributed by atoms with van der Waals surface area (Å²) in [5.74, 6) is -1.23. The van der Waals surface area contributed by atoms with Gasteiger partial charge in [0.25, 0.3) is 0 Å². The Morgan fingerprint density at radius 1 is 1.32 bits per heavy atom. The minimum absolute atomic E-state index is 0.105. The van der Waals surface area contributed by atoms with Crippen LogP contribution >= 0.6 is 0 Å². The summed E-state index contributed by atoms with van der Waals surface area (Å²) in [6.07, 6.45) is -7.09. The van der Waals surface area contributed by atoms with Crippen molar-refractivity contribution in [2.75, 3.05) is 0 Å². The number of carbonyl (C=O) groups is 1. The molecule has 0 aliphatic carbocycles. The lowest BCUT2D eigenvalue weighted by atomic mass is 10.0. The number of carbonyl (C=O) groups excluding carboxylic acids is 1. The van der Waals surface area contributed by atoms with Gasteiger partial charge in [-0.15, -0.1) is 8.78 Å². The molecule has 0 spiro atoms. The van der Waals surface area contributed by atoms with Crippen molar-refractivity contribution >= 4 is 5.91 Å². The highest BCUT2D eigenvalue weighted by Gasteiger charge is 2.43. The second-order valence-corrected chi connectivity index (χ2v) is 4.06. The molecule has 0 saturated heterocycles. The Bertz CT molecular complexity index is 508. The van der Waals surface area contributed by atoms with Crippen LogP contribution in [0.2, 0.25) is 0 Å². The van der Waals surface area contributed by atoms with E-state index in [1.165, 1.54) is 12.1 Å². The molecule has 2 unspecified atom stereocenters. The first-order valence-corrected chi connectivity index (χ1v) is 5.33. The molecule has 2 atom stereocenters. The molecule has 0 aromatic heterocycles. The maximum atomic E-state index is 12.8. The van der Waals surface area contributed by atoms with Crippen molar-refractivity contribution in [1.29, 1.82) is 0 Å². The van der Waals surface area contributed by atoms with Crippen LogP contribution in [0.25, 0.3) is 0 Å². The molecular weight excluding hydrogens is 264 g/mol. The molecule has 6 nitrogen and oxygen atoms in total. The molecule has 2 rings (SSSR count). The second kappa shape index (κ2) is 4.63. The van der Waals surface area contributed by atoms with E-state index in [0.717, 1.165) is 6.07 Å². The van der Waals surface area contributed by atoms with Crippen LogP contribution in [0, 0.1) is 0 Å². The van der Waals surface area contributed by atoms with Crippen molar-refractivity contribution in [2.45, 2.75) is 24.9 Å². The van der Waals surface area contributed by atoms with Gasteiger partial charge in [-0.25, -0.2) is 0 Å². The van der Waals surface area contributed by atoms with Crippen molar-refractivity contribution in [3.63, 3.8) is 0 Å². The molecule has 0 fully saturated rings. The molecule has 1 aliphatic rings. The van der Waals surface area contributed by atoms with Gasteiger partial charge in [-0.05, 0) is 17.7 Å². The van der Waals surface area contributed by atoms with Crippen molar-refractivity contribution in [2.24, 2.45) is 5.73 Å². The van der Waals surface area contributed by atoms with E-state index in [4.69, 9.17) is 5.73 Å². The van der Waals surface area contributed by atoms with Crippen LogP contribution in [-0.4, -0.2) is 28.5 Å². The van der Waals surface area contributed by atoms with E-state index in [1.54, 1.807) is 0 Å². The number of alkyl halides is 2. The average molecular weight is 275 g/mol. The van der Waals surface area contributed by atoms with Gasteiger partial charge in [0, 0.05) is 0 Å². The molecule has 1 amide bonds. The molecule has 19 heavy (non-hydrogen) atoms. The van der Waals surface area contributed by atoms with Crippen LogP contribution in [-0.2, 0) is 4.79 Å². The number of primary amides is 1. The third-order valence-electron chi connectivity index (χ3n) is 2.54. The summed E-state index contributed by atoms with van der Waals surface area (Å²) in [5.41, 5.74) is 4.99. The molecule has 1 aromatic carbocycles. The molecule has 0 bridgehead atoms. The fraction of sp³-hybridized carbons (Fsp3) is 0.364. The van der Waals surface area contributed by atoms with Gasteiger partial charge in [0.2, 0.25) is 5.91 Å². The second-order valence-electron chi connectivity index (χ2n) is 4.06. The lowest BCUT2D eigenvalue weighted by Gasteiger charge is -2.16. The predicted molar refractivity (Wildman–Crippen MR) is 57.4 cm³/mol. The average Bonchev–Trinajstić information content (AvgIpc) is 2.59. The van der Waals surface area contributed by atoms with E-state index in [-0.39, 0.29) is 17.1 Å². The fourth-order valence-electron chi connectivity index (χ4n) is 1.69. The first-order chi connectivity index (χ1) is 8.78. The number of aliphatic hydroxyl groups excluding tert-OH is 2. The van der Waals surface area contributed by atoms with E-state index < -0.39 is 30.8 Å². The highest BCUT2D eigenvalue weighted by Crippen LogP contribution is 2.42. The van der Waals surface area contributed by atoms with Crippen LogP contribution in [0.15, 0.2) is 18.2 Å². The van der Waals surface area contributed by atoms with E-state index in [1.807, 2.05) is 0 Å². The van der Waals surface area contributed by atoms with Crippen molar-refractivity contribution in [3.8, 4) is 11.5 Å². The van der Waals surface area contributed by atoms with Crippen LogP contribution in [0.1, 0.15) is 18.1 Å². The van der Waals surface area contributed by atoms with E-state index in [2.05, 4.69) is 9.47 Å². The molecule has 1 aliphatic heterocycles. The van der Waals surface area contributed by atoms with Gasteiger partial charge in [-0.3, -0.25) is 4.79 Å². The zero-order valence-electron chi connectivity index (χ0n) is 9.55. The summed E-state index contributed by atoms with van der Waals surface area (Å²) in [4.78, 5) is 10.6. The molecular formula is C11H11F2NO5. The number of hydrogen-bond donors (Lipinski definition) is 3. The number of fused-ring (bicyclic) bond motifs is 1. The number of benzene rings is 1. The highest BCUT2D eigenvalue weighted by atomic mass is 19.3. The Kier molecular flexibility index (Phi) is 3.29. The SMILES string of the molecule is NC(=O)CC(O)C(O)c1ccc2c(c1)OC(F)(F)O2. The van der Waals surface area contributed by atoms with Crippen LogP contribution in [0.3, 0.4) is 0 Å². The van der Waals surface area contributed by atoms with Gasteiger partial charge in [-0.2, -0.15) is 0 Å². The zero-order chi connectivity index (χ0) is 14.2. The molecule has 0 radical (unpaired) electrons. The molecule has 0 saturated carbocycles. The van der Waals surface area contributed by atoms with Crippen LogP contribution < -0.4 is 15.2 Å². The van der Waals surface area contributed by atoms with Gasteiger partial charge < -0.3 is 25.4 Å². The summed E-state index contributed by atoms with van der Waals surface area (Å²) in [6.45, 7) is 0. The Balaban J connectivity index is 2.17. The minimum atomic E-state index is -3.75. The summed E-state index contributed by atoms with van der Waals surface area (Å²) >= 11 is 0. The largest absolute Gasteiger partial charge is 0.586 e. The minimum Gasteiger partial charge on any atom is -0.395 e. The van der Waals surface area contributed by atoms with Crippen molar-refractivity contribution in [1.82, 2.24) is 0 Å². The number of aliphatic hydroxyl groups is 2. The lowest BCUT2D eigenvalue weighted by molar-refractivity contribution is -0.286. The summed E-state index contributed by atoms with van der Waals surface area (Å²) in [5, 5.41) is 19.3. The predicted octanol–water partition coefficient (Wildman–Crippen LogP) is 0.278. The van der Waals surface area contributed by atoms with E-state index in [0.29, 0.717) is 0 Å². The summed E-state index contributed by atoms with van der Waals surface area (Å²) < 4.78 is 34.0. The van der Waals surface area contributed by atoms with Gasteiger partial charge in [0.1, 0.15) is 6.10 Å². The Morgan fingerprint density at radius 2 is 1.95 bits per heavy atom. The van der Waals surface area contributed by atoms with Gasteiger partial charge in [0.15, 0.2) is 11.5 Å². The summed E-state index contributed by atoms with van der Waals surface area (Å²) in [7, 11) is 0. The fourth-order valence-corrected chi connectivity index (χ4v) is 1.69. The number of halogens is 2. The number of rotatable bonds is 4. The Morgan fingerprint density at radius 3 is 2.58 bits per heavy atom. The van der Waals surface area contributed by atoms with E-state index >= 15 is 0 Å². The standard InChI is InChI=1S/C11H11F2NO5/c12-11(13)18-7-2-1-5(3-8(7)19-11)10(17)6(15)4-9(14)16/h1-3,6,10,15,17H,4H2,(H2,14,16). The molecule has 8 heteroatoms. The Labute approximate surface area is 106 Å². The smallest absolute Gasteiger partial charge is 0.395 e. The maximum absolute atomic E-state index is 12.8. The topological polar surface area (TPSA) is 102 Å². The van der Waals surface area contributed by atoms with Crippen LogP contribution in [0.5, 0.6) is 11.5 Å². The quantitative estimate of drug-likeness (QED) is 0.732. The van der Waals surface area contributed by atoms with Gasteiger partial charge in [-0.1, -0.05) is 6.07 Å². The molecule has 1 aromatic rings. The van der Waals surface area contributed by atoms with Crippen molar-refractivity contribution in [3.05, 3.63) is 23.8 Å². The third-order valence-corrected chi connectivity index (χ3v) is 2.54. The number of nitrogens with two attached hydrogens (primary N) is 1. The highest BCUT2D eigenvalue weighted by molar-refractivity contribution is 5.74.